The summed E-state index contributed by atoms with van der Waals surface area (Å²) < 4.78 is 0.735. The Morgan fingerprint density at radius 3 is 2.53 bits per heavy atom. The van der Waals surface area contributed by atoms with Gasteiger partial charge in [0.1, 0.15) is 0 Å². The highest BCUT2D eigenvalue weighted by Crippen LogP contribution is 2.20. The molecule has 2 N–H and O–H groups in total. The molecule has 1 aromatic rings. The van der Waals surface area contributed by atoms with Crippen LogP contribution in [0.2, 0.25) is 0 Å². The lowest BCUT2D eigenvalue weighted by Gasteiger charge is -2.26. The molecule has 1 rings (SSSR count). The smallest absolute Gasteiger partial charge is 0.303 e. The summed E-state index contributed by atoms with van der Waals surface area (Å²) >= 11 is 3.36. The zero-order chi connectivity index (χ0) is 14.6. The number of carbonyl (C=O) groups excluding carboxylic acids is 1. The average molecular weight is 328 g/mol. The molecule has 0 saturated carbocycles. The molecule has 1 aromatic carbocycles. The standard InChI is InChI=1S/C14H18BrNO3/c1-9-4-5-10(11(15)8-9)13(19)16-14(2,3)7-6-12(17)18/h4-5,8H,6-7H2,1-3H3,(H,16,19)(H,17,18). The van der Waals surface area contributed by atoms with Gasteiger partial charge >= 0.3 is 5.97 Å². The minimum absolute atomic E-state index is 0.0301. The quantitative estimate of drug-likeness (QED) is 0.873. The third-order valence-electron chi connectivity index (χ3n) is 2.78. The van der Waals surface area contributed by atoms with Crippen molar-refractivity contribution in [2.24, 2.45) is 0 Å². The maximum atomic E-state index is 12.1. The van der Waals surface area contributed by atoms with E-state index in [0.29, 0.717) is 12.0 Å². The van der Waals surface area contributed by atoms with Crippen molar-refractivity contribution in [1.82, 2.24) is 5.32 Å². The van der Waals surface area contributed by atoms with Gasteiger partial charge in [0.15, 0.2) is 0 Å². The van der Waals surface area contributed by atoms with Gasteiger partial charge in [0, 0.05) is 16.4 Å². The molecule has 0 radical (unpaired) electrons. The van der Waals surface area contributed by atoms with Gasteiger partial charge in [-0.1, -0.05) is 6.07 Å². The van der Waals surface area contributed by atoms with E-state index in [0.717, 1.165) is 10.0 Å². The summed E-state index contributed by atoms with van der Waals surface area (Å²) in [4.78, 5) is 22.7. The predicted molar refractivity (Wildman–Crippen MR) is 77.3 cm³/mol. The average Bonchev–Trinajstić information content (AvgIpc) is 2.25. The van der Waals surface area contributed by atoms with Crippen LogP contribution in [0.5, 0.6) is 0 Å². The van der Waals surface area contributed by atoms with Crippen molar-refractivity contribution in [3.05, 3.63) is 33.8 Å². The van der Waals surface area contributed by atoms with E-state index in [2.05, 4.69) is 21.2 Å². The number of hydrogen-bond donors (Lipinski definition) is 2. The Morgan fingerprint density at radius 2 is 2.00 bits per heavy atom. The first-order valence-corrected chi connectivity index (χ1v) is 6.81. The molecule has 5 heteroatoms. The first-order valence-electron chi connectivity index (χ1n) is 6.02. The summed E-state index contributed by atoms with van der Waals surface area (Å²) in [7, 11) is 0. The SMILES string of the molecule is Cc1ccc(C(=O)NC(C)(C)CCC(=O)O)c(Br)c1. The molecule has 0 fully saturated rings. The number of rotatable bonds is 5. The molecule has 19 heavy (non-hydrogen) atoms. The van der Waals surface area contributed by atoms with Gasteiger partial charge in [0.25, 0.3) is 5.91 Å². The lowest BCUT2D eigenvalue weighted by molar-refractivity contribution is -0.137. The summed E-state index contributed by atoms with van der Waals surface area (Å²) in [6.45, 7) is 5.58. The molecule has 1 amide bonds. The fraction of sp³-hybridized carbons (Fsp3) is 0.429. The molecule has 0 bridgehead atoms. The van der Waals surface area contributed by atoms with Crippen LogP contribution in [0.25, 0.3) is 0 Å². The highest BCUT2D eigenvalue weighted by molar-refractivity contribution is 9.10. The fourth-order valence-corrected chi connectivity index (χ4v) is 2.33. The van der Waals surface area contributed by atoms with Gasteiger partial charge in [-0.25, -0.2) is 0 Å². The lowest BCUT2D eigenvalue weighted by atomic mass is 9.97. The number of halogens is 1. The van der Waals surface area contributed by atoms with Gasteiger partial charge in [-0.05, 0) is 60.8 Å². The van der Waals surface area contributed by atoms with Crippen LogP contribution >= 0.6 is 15.9 Å². The summed E-state index contributed by atoms with van der Waals surface area (Å²) in [5.74, 6) is -1.07. The Kier molecular flexibility index (Phi) is 5.11. The van der Waals surface area contributed by atoms with Crippen molar-refractivity contribution in [2.45, 2.75) is 39.2 Å². The summed E-state index contributed by atoms with van der Waals surface area (Å²) in [5.41, 5.74) is 1.06. The molecule has 0 aliphatic carbocycles. The number of aliphatic carboxylic acids is 1. The minimum Gasteiger partial charge on any atom is -0.481 e. The molecule has 0 spiro atoms. The number of carboxylic acids is 1. The Labute approximate surface area is 121 Å². The molecule has 0 atom stereocenters. The Morgan fingerprint density at radius 1 is 1.37 bits per heavy atom. The number of carboxylic acid groups (broad SMARTS) is 1. The van der Waals surface area contributed by atoms with E-state index in [9.17, 15) is 9.59 Å². The van der Waals surface area contributed by atoms with Crippen molar-refractivity contribution in [1.29, 1.82) is 0 Å². The minimum atomic E-state index is -0.862. The highest BCUT2D eigenvalue weighted by Gasteiger charge is 2.23. The van der Waals surface area contributed by atoms with E-state index < -0.39 is 11.5 Å². The van der Waals surface area contributed by atoms with Crippen LogP contribution in [-0.4, -0.2) is 22.5 Å². The van der Waals surface area contributed by atoms with E-state index >= 15 is 0 Å². The molecule has 0 aliphatic heterocycles. The third-order valence-corrected chi connectivity index (χ3v) is 3.44. The van der Waals surface area contributed by atoms with E-state index in [4.69, 9.17) is 5.11 Å². The van der Waals surface area contributed by atoms with Crippen LogP contribution in [0.4, 0.5) is 0 Å². The third kappa shape index (κ3) is 5.03. The maximum Gasteiger partial charge on any atom is 0.303 e. The summed E-state index contributed by atoms with van der Waals surface area (Å²) in [6.07, 6.45) is 0.417. The van der Waals surface area contributed by atoms with Gasteiger partial charge in [-0.2, -0.15) is 0 Å². The van der Waals surface area contributed by atoms with Gasteiger partial charge in [-0.3, -0.25) is 9.59 Å². The van der Waals surface area contributed by atoms with Gasteiger partial charge in [0.2, 0.25) is 0 Å². The molecule has 0 unspecified atom stereocenters. The van der Waals surface area contributed by atoms with Crippen molar-refractivity contribution >= 4 is 27.8 Å². The highest BCUT2D eigenvalue weighted by atomic mass is 79.9. The topological polar surface area (TPSA) is 66.4 Å². The molecule has 0 aliphatic rings. The van der Waals surface area contributed by atoms with Gasteiger partial charge in [0.05, 0.1) is 5.56 Å². The van der Waals surface area contributed by atoms with Crippen LogP contribution in [0.3, 0.4) is 0 Å². The summed E-state index contributed by atoms with van der Waals surface area (Å²) in [5, 5.41) is 11.5. The second-order valence-electron chi connectivity index (χ2n) is 5.22. The van der Waals surface area contributed by atoms with Crippen molar-refractivity contribution < 1.29 is 14.7 Å². The van der Waals surface area contributed by atoms with Crippen LogP contribution < -0.4 is 5.32 Å². The Bertz CT molecular complexity index is 497. The van der Waals surface area contributed by atoms with Crippen molar-refractivity contribution in [3.8, 4) is 0 Å². The van der Waals surface area contributed by atoms with Crippen LogP contribution in [-0.2, 0) is 4.79 Å². The zero-order valence-electron chi connectivity index (χ0n) is 11.3. The van der Waals surface area contributed by atoms with E-state index in [1.54, 1.807) is 6.07 Å². The second kappa shape index (κ2) is 6.19. The second-order valence-corrected chi connectivity index (χ2v) is 6.07. The van der Waals surface area contributed by atoms with Crippen LogP contribution in [0.15, 0.2) is 22.7 Å². The number of amides is 1. The molecule has 104 valence electrons. The predicted octanol–water partition coefficient (Wildman–Crippen LogP) is 3.13. The van der Waals surface area contributed by atoms with E-state index in [1.807, 2.05) is 32.9 Å². The molecule has 0 aromatic heterocycles. The molecular formula is C14H18BrNO3. The number of nitrogens with one attached hydrogen (secondary N) is 1. The number of aryl methyl sites for hydroxylation is 1. The first-order chi connectivity index (χ1) is 8.71. The lowest BCUT2D eigenvalue weighted by Crippen LogP contribution is -2.43. The van der Waals surface area contributed by atoms with Crippen LogP contribution in [0, 0.1) is 6.92 Å². The van der Waals surface area contributed by atoms with Gasteiger partial charge in [-0.15, -0.1) is 0 Å². The monoisotopic (exact) mass is 327 g/mol. The number of carbonyl (C=O) groups is 2. The first kappa shape index (κ1) is 15.7. The van der Waals surface area contributed by atoms with Crippen molar-refractivity contribution in [2.75, 3.05) is 0 Å². The molecule has 0 heterocycles. The maximum absolute atomic E-state index is 12.1. The largest absolute Gasteiger partial charge is 0.481 e. The van der Waals surface area contributed by atoms with E-state index in [-0.39, 0.29) is 12.3 Å². The summed E-state index contributed by atoms with van der Waals surface area (Å²) in [6, 6.07) is 5.49. The normalized spacial score (nSPS) is 11.2. The number of benzene rings is 1. The van der Waals surface area contributed by atoms with Crippen molar-refractivity contribution in [3.63, 3.8) is 0 Å². The molecular weight excluding hydrogens is 310 g/mol. The molecule has 0 saturated heterocycles. The number of hydrogen-bond acceptors (Lipinski definition) is 2. The van der Waals surface area contributed by atoms with Crippen LogP contribution in [0.1, 0.15) is 42.6 Å². The Balaban J connectivity index is 2.75. The van der Waals surface area contributed by atoms with E-state index in [1.165, 1.54) is 0 Å². The fourth-order valence-electron chi connectivity index (χ4n) is 1.66. The Hall–Kier alpha value is -1.36. The van der Waals surface area contributed by atoms with Gasteiger partial charge < -0.3 is 10.4 Å². The zero-order valence-corrected chi connectivity index (χ0v) is 12.9. The molecule has 4 nitrogen and oxygen atoms in total.